The lowest BCUT2D eigenvalue weighted by molar-refractivity contribution is -0.137. The van der Waals surface area contributed by atoms with E-state index in [1.54, 1.807) is 17.5 Å². The highest BCUT2D eigenvalue weighted by Gasteiger charge is 2.30. The zero-order valence-electron chi connectivity index (χ0n) is 12.9. The molecule has 0 saturated heterocycles. The zero-order chi connectivity index (χ0) is 17.7. The predicted molar refractivity (Wildman–Crippen MR) is 86.2 cm³/mol. The summed E-state index contributed by atoms with van der Waals surface area (Å²) in [4.78, 5) is 23.6. The Kier molecular flexibility index (Phi) is 5.77. The van der Waals surface area contributed by atoms with Gasteiger partial charge in [0, 0.05) is 6.54 Å². The van der Waals surface area contributed by atoms with Crippen molar-refractivity contribution in [1.82, 2.24) is 5.32 Å². The van der Waals surface area contributed by atoms with Crippen LogP contribution in [0.25, 0.3) is 0 Å². The minimum Gasteiger partial charge on any atom is -0.355 e. The minimum atomic E-state index is -4.37. The van der Waals surface area contributed by atoms with Crippen LogP contribution in [0.3, 0.4) is 0 Å². The van der Waals surface area contributed by atoms with Gasteiger partial charge >= 0.3 is 6.18 Å². The van der Waals surface area contributed by atoms with Crippen LogP contribution in [0.1, 0.15) is 33.3 Å². The van der Waals surface area contributed by atoms with E-state index in [1.165, 1.54) is 24.3 Å². The van der Waals surface area contributed by atoms with E-state index in [-0.39, 0.29) is 24.7 Å². The number of rotatable bonds is 6. The second kappa shape index (κ2) is 7.61. The highest BCUT2D eigenvalue weighted by Crippen LogP contribution is 2.29. The van der Waals surface area contributed by atoms with E-state index < -0.39 is 11.7 Å². The van der Waals surface area contributed by atoms with E-state index in [9.17, 15) is 22.8 Å². The first kappa shape index (κ1) is 18.2. The number of halogens is 3. The summed E-state index contributed by atoms with van der Waals surface area (Å²) in [6.07, 6.45) is -3.91. The molecule has 7 heteroatoms. The van der Waals surface area contributed by atoms with Crippen molar-refractivity contribution in [3.63, 3.8) is 0 Å². The van der Waals surface area contributed by atoms with Crippen molar-refractivity contribution < 1.29 is 22.8 Å². The SMILES string of the molecule is CC(=O)c1cc(CC(=O)NCCc2cccc(C(F)(F)F)c2)cs1. The Morgan fingerprint density at radius 1 is 1.17 bits per heavy atom. The molecule has 0 radical (unpaired) electrons. The van der Waals surface area contributed by atoms with Gasteiger partial charge < -0.3 is 5.32 Å². The fourth-order valence-corrected chi connectivity index (χ4v) is 2.97. The monoisotopic (exact) mass is 355 g/mol. The third kappa shape index (κ3) is 5.19. The van der Waals surface area contributed by atoms with E-state index in [1.807, 2.05) is 0 Å². The minimum absolute atomic E-state index is 0.0452. The van der Waals surface area contributed by atoms with E-state index >= 15 is 0 Å². The van der Waals surface area contributed by atoms with Crippen LogP contribution in [-0.4, -0.2) is 18.2 Å². The summed E-state index contributed by atoms with van der Waals surface area (Å²) in [5.74, 6) is -0.272. The topological polar surface area (TPSA) is 46.2 Å². The number of amides is 1. The molecule has 1 N–H and O–H groups in total. The molecule has 3 nitrogen and oxygen atoms in total. The molecule has 0 fully saturated rings. The third-order valence-corrected chi connectivity index (χ3v) is 4.44. The van der Waals surface area contributed by atoms with Crippen LogP contribution >= 0.6 is 11.3 Å². The number of benzene rings is 1. The van der Waals surface area contributed by atoms with Crippen molar-refractivity contribution in [3.05, 3.63) is 57.3 Å². The van der Waals surface area contributed by atoms with Gasteiger partial charge in [-0.25, -0.2) is 0 Å². The number of hydrogen-bond acceptors (Lipinski definition) is 3. The summed E-state index contributed by atoms with van der Waals surface area (Å²) in [5.41, 5.74) is 0.572. The number of hydrogen-bond donors (Lipinski definition) is 1. The van der Waals surface area contributed by atoms with Gasteiger partial charge in [-0.05, 0) is 42.0 Å². The number of Topliss-reactive ketones (excluding diaryl/α,β-unsaturated/α-hetero) is 1. The first-order valence-corrected chi connectivity index (χ1v) is 8.15. The molecular formula is C17H16F3NO2S. The molecule has 1 amide bonds. The van der Waals surface area contributed by atoms with Crippen LogP contribution in [-0.2, 0) is 23.8 Å². The molecule has 24 heavy (non-hydrogen) atoms. The van der Waals surface area contributed by atoms with Crippen LogP contribution in [0, 0.1) is 0 Å². The normalized spacial score (nSPS) is 11.3. The number of carbonyl (C=O) groups excluding carboxylic acids is 2. The molecule has 0 aliphatic rings. The van der Waals surface area contributed by atoms with Crippen LogP contribution in [0.5, 0.6) is 0 Å². The van der Waals surface area contributed by atoms with Crippen molar-refractivity contribution >= 4 is 23.0 Å². The fraction of sp³-hybridized carbons (Fsp3) is 0.294. The Balaban J connectivity index is 1.83. The van der Waals surface area contributed by atoms with Gasteiger partial charge in [-0.15, -0.1) is 11.3 Å². The molecule has 128 valence electrons. The maximum Gasteiger partial charge on any atom is 0.416 e. The van der Waals surface area contributed by atoms with Crippen LogP contribution in [0.15, 0.2) is 35.7 Å². The van der Waals surface area contributed by atoms with Gasteiger partial charge in [0.25, 0.3) is 0 Å². The number of ketones is 1. The van der Waals surface area contributed by atoms with Gasteiger partial charge in [-0.1, -0.05) is 18.2 Å². The summed E-state index contributed by atoms with van der Waals surface area (Å²) in [6, 6.07) is 6.74. The zero-order valence-corrected chi connectivity index (χ0v) is 13.8. The molecular weight excluding hydrogens is 339 g/mol. The van der Waals surface area contributed by atoms with Crippen LogP contribution in [0.4, 0.5) is 13.2 Å². The van der Waals surface area contributed by atoms with Gasteiger partial charge in [-0.3, -0.25) is 9.59 Å². The Morgan fingerprint density at radius 2 is 1.92 bits per heavy atom. The Bertz CT molecular complexity index is 737. The quantitative estimate of drug-likeness (QED) is 0.800. The third-order valence-electron chi connectivity index (χ3n) is 3.36. The van der Waals surface area contributed by atoms with Gasteiger partial charge in [0.15, 0.2) is 5.78 Å². The van der Waals surface area contributed by atoms with Crippen molar-refractivity contribution in [2.75, 3.05) is 6.54 Å². The van der Waals surface area contributed by atoms with Crippen molar-refractivity contribution in [2.24, 2.45) is 0 Å². The maximum atomic E-state index is 12.6. The predicted octanol–water partition coefficient (Wildman–Crippen LogP) is 3.87. The summed E-state index contributed by atoms with van der Waals surface area (Å²) in [7, 11) is 0. The smallest absolute Gasteiger partial charge is 0.355 e. The molecule has 1 heterocycles. The molecule has 1 aromatic carbocycles. The summed E-state index contributed by atoms with van der Waals surface area (Å²) in [6.45, 7) is 1.72. The van der Waals surface area contributed by atoms with Gasteiger partial charge in [-0.2, -0.15) is 13.2 Å². The summed E-state index contributed by atoms with van der Waals surface area (Å²) < 4.78 is 37.9. The average molecular weight is 355 g/mol. The first-order valence-electron chi connectivity index (χ1n) is 7.27. The molecule has 0 spiro atoms. The lowest BCUT2D eigenvalue weighted by atomic mass is 10.1. The molecule has 0 aliphatic carbocycles. The highest BCUT2D eigenvalue weighted by atomic mass is 32.1. The second-order valence-electron chi connectivity index (χ2n) is 5.35. The van der Waals surface area contributed by atoms with E-state index in [0.717, 1.165) is 17.7 Å². The number of carbonyl (C=O) groups is 2. The van der Waals surface area contributed by atoms with Crippen LogP contribution in [0.2, 0.25) is 0 Å². The Morgan fingerprint density at radius 3 is 2.54 bits per heavy atom. The first-order chi connectivity index (χ1) is 11.3. The van der Waals surface area contributed by atoms with Crippen LogP contribution < -0.4 is 5.32 Å². The number of nitrogens with one attached hydrogen (secondary N) is 1. The van der Waals surface area contributed by atoms with Crippen molar-refractivity contribution in [2.45, 2.75) is 25.9 Å². The molecule has 0 aliphatic heterocycles. The largest absolute Gasteiger partial charge is 0.416 e. The van der Waals surface area contributed by atoms with Crippen molar-refractivity contribution in [3.8, 4) is 0 Å². The summed E-state index contributed by atoms with van der Waals surface area (Å²) >= 11 is 1.29. The second-order valence-corrected chi connectivity index (χ2v) is 6.26. The van der Waals surface area contributed by atoms with Gasteiger partial charge in [0.05, 0.1) is 16.9 Å². The van der Waals surface area contributed by atoms with E-state index in [0.29, 0.717) is 16.9 Å². The Hall–Kier alpha value is -2.15. The molecule has 2 aromatic rings. The standard InChI is InChI=1S/C17H16F3NO2S/c1-11(22)15-8-13(10-24-15)9-16(23)21-6-5-12-3-2-4-14(7-12)17(18,19)20/h2-4,7-8,10H,5-6,9H2,1H3,(H,21,23). The molecule has 1 aromatic heterocycles. The average Bonchev–Trinajstić information content (AvgIpc) is 2.95. The van der Waals surface area contributed by atoms with Gasteiger partial charge in [0.2, 0.25) is 5.91 Å². The number of thiophene rings is 1. The molecule has 2 rings (SSSR count). The van der Waals surface area contributed by atoms with Crippen molar-refractivity contribution in [1.29, 1.82) is 0 Å². The lowest BCUT2D eigenvalue weighted by Gasteiger charge is -2.09. The molecule has 0 saturated carbocycles. The van der Waals surface area contributed by atoms with E-state index in [2.05, 4.69) is 5.32 Å². The highest BCUT2D eigenvalue weighted by molar-refractivity contribution is 7.12. The Labute approximate surface area is 141 Å². The lowest BCUT2D eigenvalue weighted by Crippen LogP contribution is -2.27. The molecule has 0 atom stereocenters. The fourth-order valence-electron chi connectivity index (χ4n) is 2.15. The molecule has 0 unspecified atom stereocenters. The summed E-state index contributed by atoms with van der Waals surface area (Å²) in [5, 5.41) is 4.43. The number of alkyl halides is 3. The van der Waals surface area contributed by atoms with E-state index in [4.69, 9.17) is 0 Å². The maximum absolute atomic E-state index is 12.6. The van der Waals surface area contributed by atoms with Gasteiger partial charge in [0.1, 0.15) is 0 Å². The molecule has 0 bridgehead atoms.